The molecule has 45 nitrogen and oxygen atoms in total. The number of carbonyl (C=O) groups is 13. The van der Waals surface area contributed by atoms with Gasteiger partial charge in [0.05, 0.1) is 234 Å². The van der Waals surface area contributed by atoms with E-state index in [0.29, 0.717) is 228 Å². The van der Waals surface area contributed by atoms with Gasteiger partial charge in [-0.3, -0.25) is 57.7 Å². The first kappa shape index (κ1) is 117. The minimum absolute atomic E-state index is 0.0182. The Kier molecular flexibility index (Phi) is 57.6. The zero-order chi connectivity index (χ0) is 102. The molecule has 3 aromatic carbocycles. The summed E-state index contributed by atoms with van der Waals surface area (Å²) in [4.78, 5) is 184. The zero-order valence-corrected chi connectivity index (χ0v) is 82.1. The highest BCUT2D eigenvalue weighted by atomic mass is 16.6. The van der Waals surface area contributed by atoms with E-state index in [1.807, 2.05) is 18.7 Å². The zero-order valence-electron chi connectivity index (χ0n) is 82.1. The van der Waals surface area contributed by atoms with Crippen molar-refractivity contribution in [1.29, 1.82) is 0 Å². The van der Waals surface area contributed by atoms with E-state index < -0.39 is 102 Å². The number of hydrogen-bond acceptors (Lipinski definition) is 32. The molecule has 0 aliphatic carbocycles. The van der Waals surface area contributed by atoms with Gasteiger partial charge in [0.25, 0.3) is 23.6 Å². The second-order valence-corrected chi connectivity index (χ2v) is 32.7. The van der Waals surface area contributed by atoms with E-state index in [1.54, 1.807) is 81.8 Å². The maximum absolute atomic E-state index is 13.9. The maximum Gasteiger partial charge on any atom is 0.410 e. The number of urea groups is 1. The molecule has 2 atom stereocenters. The molecule has 14 amide bonds. The lowest BCUT2D eigenvalue weighted by Crippen LogP contribution is -2.54. The van der Waals surface area contributed by atoms with Crippen molar-refractivity contribution in [1.82, 2.24) is 52.0 Å². The molecule has 0 radical (unpaired) electrons. The standard InChI is InChI=1S/C97H142N16O29/c1-6-27-111(28-7-2)95(124)74-59-72-12-13-73(61-82(72)108-83(98)62-74)91(120)107-77-60-75-67-112(29-22-80(75)103-64-77)97(126)142-68-70-10-16-76(17-11-70)106-93(122)81(9-8-24-102-96(99)125)109-94(123)90(69(3)4)110-85(115)23-30-128-35-36-129-31-25-100-84(114)19-15-71-14-18-78(113-88(118)20-21-89(113)119)63-79(71)92(121)105-66-87(117)104-65-86(116)101-26-32-130-37-38-132-41-42-134-45-46-136-49-50-138-53-54-140-57-58-141-56-55-139-52-51-137-48-47-135-44-43-133-40-39-131-34-33-127-5/h10-14,16-18,20-21,59-61,63-64,69,81,90H,6-9,15,19,22-58,62,65-68H2,1-5H3,(H2,98,108)(H,100,114)(H,101,116)(H,104,117)(H,105,121)(H,106,122)(H,107,120)(H,109,123)(H,110,115)(H3,99,102,125)/t81-,90-/m0/s1. The average Bonchev–Trinajstić information content (AvgIpc) is 1.08. The third kappa shape index (κ3) is 47.3. The Morgan fingerprint density at radius 2 is 1.04 bits per heavy atom. The number of nitrogens with zero attached hydrogens (tertiary/aromatic N) is 5. The van der Waals surface area contributed by atoms with Crippen molar-refractivity contribution in [2.75, 3.05) is 267 Å². The van der Waals surface area contributed by atoms with Crippen molar-refractivity contribution >= 4 is 112 Å². The quantitative estimate of drug-likeness (QED) is 0.0224. The number of rotatable bonds is 76. The van der Waals surface area contributed by atoms with Crippen molar-refractivity contribution in [3.8, 4) is 0 Å². The molecule has 0 spiro atoms. The second-order valence-electron chi connectivity index (χ2n) is 32.7. The van der Waals surface area contributed by atoms with E-state index in [0.717, 1.165) is 35.6 Å². The monoisotopic (exact) mass is 2000 g/mol. The van der Waals surface area contributed by atoms with Gasteiger partial charge >= 0.3 is 12.1 Å². The minimum atomic E-state index is -1.14. The summed E-state index contributed by atoms with van der Waals surface area (Å²) >= 11 is 0. The Bertz CT molecular complexity index is 4660. The molecule has 13 N–H and O–H groups in total. The number of nitrogens with two attached hydrogens (primary N) is 2. The van der Waals surface area contributed by atoms with Crippen LogP contribution in [-0.2, 0) is 145 Å². The topological polar surface area (TPSA) is 565 Å². The predicted molar refractivity (Wildman–Crippen MR) is 520 cm³/mol. The van der Waals surface area contributed by atoms with Gasteiger partial charge in [0.1, 0.15) is 24.5 Å². The number of nitrogens with one attached hydrogen (secondary N) is 9. The van der Waals surface area contributed by atoms with Gasteiger partial charge in [0.15, 0.2) is 0 Å². The number of pyridine rings is 1. The fraction of sp³-hybridized carbons (Fsp3) is 0.577. The lowest BCUT2D eigenvalue weighted by molar-refractivity contribution is -0.132. The number of methoxy groups -OCH3 is 1. The number of aryl methyl sites for hydroxylation is 1. The molecule has 784 valence electrons. The molecule has 0 saturated carbocycles. The van der Waals surface area contributed by atoms with Crippen LogP contribution in [0.1, 0.15) is 121 Å². The summed E-state index contributed by atoms with van der Waals surface area (Å²) in [6.45, 7) is 19.3. The molecule has 0 unspecified atom stereocenters. The summed E-state index contributed by atoms with van der Waals surface area (Å²) in [6, 6.07) is 14.6. The fourth-order valence-corrected chi connectivity index (χ4v) is 13.9. The molecule has 45 heteroatoms. The van der Waals surface area contributed by atoms with Crippen LogP contribution in [0.15, 0.2) is 95.6 Å². The van der Waals surface area contributed by atoms with Crippen molar-refractivity contribution < 1.29 is 138 Å². The Labute approximate surface area is 827 Å². The highest BCUT2D eigenvalue weighted by Crippen LogP contribution is 2.31. The van der Waals surface area contributed by atoms with Crippen molar-refractivity contribution in [2.45, 2.75) is 111 Å². The summed E-state index contributed by atoms with van der Waals surface area (Å²) in [5.41, 5.74) is 16.8. The van der Waals surface area contributed by atoms with Crippen LogP contribution in [0.5, 0.6) is 0 Å². The van der Waals surface area contributed by atoms with Gasteiger partial charge in [0, 0.05) is 118 Å². The lowest BCUT2D eigenvalue weighted by atomic mass is 10.0. The number of hydrogen-bond donors (Lipinski definition) is 11. The SMILES string of the molecule is CCCN(CCC)C(=O)C1=Cc2ccc(C(=O)Nc3cnc4c(c3)CN(C(=O)OCc3ccc(NC(=O)[C@H](CCCNC(N)=O)NC(=O)[C@@H](NC(=O)CCOCCOCCNC(=O)CCc5ccc(N6C(=O)C=CC6=O)cc5C(=O)NCC(=O)NCC(=O)NCCOCCOCCOCCOCCOCCOCCOCCOCCOCCOCCOCCOCCOC)C(C)C)cc3)CC4)cc2N=C(N)C1. The number of amidine groups is 1. The Morgan fingerprint density at radius 3 is 1.57 bits per heavy atom. The number of benzene rings is 3. The highest BCUT2D eigenvalue weighted by Gasteiger charge is 2.32. The molecule has 1 aromatic heterocycles. The van der Waals surface area contributed by atoms with E-state index in [2.05, 4.69) is 57.8 Å². The van der Waals surface area contributed by atoms with Gasteiger partial charge in [-0.15, -0.1) is 0 Å². The number of aliphatic imine (C=N–C) groups is 1. The molecule has 7 rings (SSSR count). The number of imide groups is 1. The number of anilines is 3. The van der Waals surface area contributed by atoms with Crippen molar-refractivity contribution in [3.63, 3.8) is 0 Å². The first-order chi connectivity index (χ1) is 68.9. The summed E-state index contributed by atoms with van der Waals surface area (Å²) in [5, 5.41) is 23.9. The van der Waals surface area contributed by atoms with Gasteiger partial charge in [-0.25, -0.2) is 19.5 Å². The van der Waals surface area contributed by atoms with Gasteiger partial charge in [-0.05, 0) is 103 Å². The van der Waals surface area contributed by atoms with Gasteiger partial charge in [-0.1, -0.05) is 52.0 Å². The van der Waals surface area contributed by atoms with E-state index in [4.69, 9.17) is 87.3 Å². The minimum Gasteiger partial charge on any atom is -0.445 e. The van der Waals surface area contributed by atoms with Crippen LogP contribution in [0.3, 0.4) is 0 Å². The van der Waals surface area contributed by atoms with Crippen LogP contribution in [0, 0.1) is 5.92 Å². The number of ether oxygens (including phenoxy) is 16. The molecule has 0 saturated heterocycles. The third-order valence-electron chi connectivity index (χ3n) is 21.2. The molecule has 0 fully saturated rings. The number of amides is 14. The molecular formula is C97H142N16O29. The first-order valence-corrected chi connectivity index (χ1v) is 48.0. The smallest absolute Gasteiger partial charge is 0.410 e. The van der Waals surface area contributed by atoms with E-state index in [9.17, 15) is 62.3 Å². The third-order valence-corrected chi connectivity index (χ3v) is 21.2. The van der Waals surface area contributed by atoms with E-state index in [-0.39, 0.29) is 134 Å². The Morgan fingerprint density at radius 1 is 0.514 bits per heavy atom. The van der Waals surface area contributed by atoms with Crippen molar-refractivity contribution in [2.24, 2.45) is 22.4 Å². The van der Waals surface area contributed by atoms with Gasteiger partial charge < -0.3 is 145 Å². The van der Waals surface area contributed by atoms with Gasteiger partial charge in [-0.2, -0.15) is 0 Å². The van der Waals surface area contributed by atoms with Crippen LogP contribution in [0.4, 0.5) is 32.3 Å². The van der Waals surface area contributed by atoms with Crippen LogP contribution in [0.25, 0.3) is 6.08 Å². The first-order valence-electron chi connectivity index (χ1n) is 48.0. The number of aromatic nitrogens is 1. The average molecular weight is 2000 g/mol. The normalized spacial score (nSPS) is 13.1. The molecule has 3 aliphatic heterocycles. The Balaban J connectivity index is 0.693. The lowest BCUT2D eigenvalue weighted by Gasteiger charge is -2.28. The largest absolute Gasteiger partial charge is 0.445 e. The number of primary amides is 1. The van der Waals surface area contributed by atoms with Crippen LogP contribution in [-0.4, -0.2) is 361 Å². The van der Waals surface area contributed by atoms with E-state index in [1.165, 1.54) is 23.1 Å². The highest BCUT2D eigenvalue weighted by molar-refractivity contribution is 6.28. The van der Waals surface area contributed by atoms with Crippen LogP contribution < -0.4 is 64.2 Å². The second kappa shape index (κ2) is 69.9. The maximum atomic E-state index is 13.9. The number of fused-ring (bicyclic) bond motifs is 2. The van der Waals surface area contributed by atoms with E-state index >= 15 is 0 Å². The summed E-state index contributed by atoms with van der Waals surface area (Å²) in [6.07, 6.45) is 7.23. The summed E-state index contributed by atoms with van der Waals surface area (Å²) in [5.74, 6) is -6.11. The fourth-order valence-electron chi connectivity index (χ4n) is 13.9. The molecule has 3 aliphatic rings. The van der Waals surface area contributed by atoms with Crippen LogP contribution >= 0.6 is 0 Å². The number of carbonyl (C=O) groups excluding carboxylic acids is 13. The molecule has 4 aromatic rings. The molecular weight excluding hydrogens is 1850 g/mol. The Hall–Kier alpha value is -11.9. The molecule has 0 bridgehead atoms. The van der Waals surface area contributed by atoms with Gasteiger partial charge in [0.2, 0.25) is 41.4 Å². The van der Waals surface area contributed by atoms with Crippen LogP contribution in [0.2, 0.25) is 0 Å². The summed E-state index contributed by atoms with van der Waals surface area (Å²) in [7, 11) is 1.63. The predicted octanol–water partition coefficient (Wildman–Crippen LogP) is 2.88. The molecule has 4 heterocycles. The summed E-state index contributed by atoms with van der Waals surface area (Å²) < 4.78 is 87.7. The molecule has 142 heavy (non-hydrogen) atoms. The van der Waals surface area contributed by atoms with Crippen molar-refractivity contribution in [3.05, 3.63) is 130 Å².